The minimum Gasteiger partial charge on any atom is -0.497 e. The second-order valence-electron chi connectivity index (χ2n) is 6.85. The first-order chi connectivity index (χ1) is 15.0. The van der Waals surface area contributed by atoms with Gasteiger partial charge in [0.15, 0.2) is 0 Å². The van der Waals surface area contributed by atoms with Crippen LogP contribution in [-0.2, 0) is 17.8 Å². The molecule has 0 radical (unpaired) electrons. The van der Waals surface area contributed by atoms with E-state index in [4.69, 9.17) is 9.47 Å². The maximum absolute atomic E-state index is 12.1. The Morgan fingerprint density at radius 3 is 2.35 bits per heavy atom. The normalized spacial score (nSPS) is 10.4. The van der Waals surface area contributed by atoms with Crippen LogP contribution in [0.3, 0.4) is 0 Å². The highest BCUT2D eigenvalue weighted by molar-refractivity contribution is 7.09. The number of aryl methyl sites for hydroxylation is 1. The second kappa shape index (κ2) is 11.1. The number of rotatable bonds is 10. The van der Waals surface area contributed by atoms with Gasteiger partial charge >= 0.3 is 0 Å². The molecule has 162 valence electrons. The molecule has 7 nitrogen and oxygen atoms in total. The predicted molar refractivity (Wildman–Crippen MR) is 120 cm³/mol. The van der Waals surface area contributed by atoms with Gasteiger partial charge in [0.05, 0.1) is 19.2 Å². The van der Waals surface area contributed by atoms with E-state index in [-0.39, 0.29) is 18.2 Å². The highest BCUT2D eigenvalue weighted by Gasteiger charge is 2.09. The van der Waals surface area contributed by atoms with Gasteiger partial charge in [-0.3, -0.25) is 9.59 Å². The molecule has 0 aliphatic carbocycles. The van der Waals surface area contributed by atoms with Crippen LogP contribution >= 0.6 is 11.3 Å². The Morgan fingerprint density at radius 1 is 0.968 bits per heavy atom. The molecule has 0 aliphatic rings. The zero-order valence-electron chi connectivity index (χ0n) is 17.5. The SMILES string of the molecule is COc1ccc(C(=O)NCCNC(=O)Cc2csc(COc3ccc(C)cc3)n2)cc1. The molecule has 1 aromatic heterocycles. The molecule has 0 aliphatic heterocycles. The number of amides is 2. The summed E-state index contributed by atoms with van der Waals surface area (Å²) in [5, 5.41) is 8.23. The van der Waals surface area contributed by atoms with Gasteiger partial charge in [-0.25, -0.2) is 4.98 Å². The molecule has 0 saturated heterocycles. The van der Waals surface area contributed by atoms with Crippen molar-refractivity contribution in [1.29, 1.82) is 0 Å². The van der Waals surface area contributed by atoms with E-state index < -0.39 is 0 Å². The Balaban J connectivity index is 1.35. The molecule has 0 unspecified atom stereocenters. The minimum absolute atomic E-state index is 0.144. The lowest BCUT2D eigenvalue weighted by atomic mass is 10.2. The molecule has 0 fully saturated rings. The topological polar surface area (TPSA) is 89.6 Å². The molecule has 0 atom stereocenters. The monoisotopic (exact) mass is 439 g/mol. The van der Waals surface area contributed by atoms with Gasteiger partial charge in [0, 0.05) is 24.0 Å². The van der Waals surface area contributed by atoms with Gasteiger partial charge in [0.1, 0.15) is 23.1 Å². The van der Waals surface area contributed by atoms with Crippen LogP contribution in [0.25, 0.3) is 0 Å². The summed E-state index contributed by atoms with van der Waals surface area (Å²) in [5.41, 5.74) is 2.41. The van der Waals surface area contributed by atoms with E-state index in [9.17, 15) is 9.59 Å². The van der Waals surface area contributed by atoms with Gasteiger partial charge < -0.3 is 20.1 Å². The number of carbonyl (C=O) groups excluding carboxylic acids is 2. The van der Waals surface area contributed by atoms with Gasteiger partial charge in [-0.2, -0.15) is 0 Å². The average Bonchev–Trinajstić information content (AvgIpc) is 3.23. The number of hydrogen-bond acceptors (Lipinski definition) is 6. The smallest absolute Gasteiger partial charge is 0.251 e. The highest BCUT2D eigenvalue weighted by atomic mass is 32.1. The Morgan fingerprint density at radius 2 is 1.65 bits per heavy atom. The van der Waals surface area contributed by atoms with Crippen molar-refractivity contribution in [2.24, 2.45) is 0 Å². The van der Waals surface area contributed by atoms with Crippen LogP contribution in [-0.4, -0.2) is 37.0 Å². The number of methoxy groups -OCH3 is 1. The first-order valence-electron chi connectivity index (χ1n) is 9.85. The largest absolute Gasteiger partial charge is 0.497 e. The third-order valence-corrected chi connectivity index (χ3v) is 5.28. The first kappa shape index (κ1) is 22.3. The highest BCUT2D eigenvalue weighted by Crippen LogP contribution is 2.16. The van der Waals surface area contributed by atoms with Crippen molar-refractivity contribution in [3.63, 3.8) is 0 Å². The Kier molecular flexibility index (Phi) is 8.00. The molecule has 31 heavy (non-hydrogen) atoms. The number of thiazole rings is 1. The molecular formula is C23H25N3O4S. The lowest BCUT2D eigenvalue weighted by Crippen LogP contribution is -2.35. The predicted octanol–water partition coefficient (Wildman–Crippen LogP) is 3.13. The lowest BCUT2D eigenvalue weighted by Gasteiger charge is -2.07. The summed E-state index contributed by atoms with van der Waals surface area (Å²) in [5.74, 6) is 1.14. The second-order valence-corrected chi connectivity index (χ2v) is 7.79. The number of benzene rings is 2. The van der Waals surface area contributed by atoms with Crippen molar-refractivity contribution >= 4 is 23.2 Å². The average molecular weight is 440 g/mol. The summed E-state index contributed by atoms with van der Waals surface area (Å²) in [4.78, 5) is 28.6. The van der Waals surface area contributed by atoms with Crippen LogP contribution in [0.2, 0.25) is 0 Å². The fourth-order valence-corrected chi connectivity index (χ4v) is 3.43. The van der Waals surface area contributed by atoms with Gasteiger partial charge in [-0.1, -0.05) is 17.7 Å². The Bertz CT molecular complexity index is 1000. The number of hydrogen-bond donors (Lipinski definition) is 2. The number of nitrogens with one attached hydrogen (secondary N) is 2. The van der Waals surface area contributed by atoms with E-state index in [1.54, 1.807) is 31.4 Å². The van der Waals surface area contributed by atoms with E-state index in [1.165, 1.54) is 16.9 Å². The number of nitrogens with zero attached hydrogens (tertiary/aromatic N) is 1. The molecule has 2 aromatic carbocycles. The lowest BCUT2D eigenvalue weighted by molar-refractivity contribution is -0.120. The van der Waals surface area contributed by atoms with Crippen LogP contribution in [0.15, 0.2) is 53.9 Å². The van der Waals surface area contributed by atoms with Gasteiger partial charge in [0.2, 0.25) is 5.91 Å². The summed E-state index contributed by atoms with van der Waals surface area (Å²) >= 11 is 1.46. The van der Waals surface area contributed by atoms with Crippen molar-refractivity contribution in [2.75, 3.05) is 20.2 Å². The van der Waals surface area contributed by atoms with Crippen molar-refractivity contribution in [2.45, 2.75) is 20.0 Å². The summed E-state index contributed by atoms with van der Waals surface area (Å²) in [6.07, 6.45) is 0.188. The molecule has 2 amide bonds. The summed E-state index contributed by atoms with van der Waals surface area (Å²) < 4.78 is 10.8. The van der Waals surface area contributed by atoms with E-state index in [0.29, 0.717) is 36.7 Å². The van der Waals surface area contributed by atoms with Crippen LogP contribution < -0.4 is 20.1 Å². The number of carbonyl (C=O) groups is 2. The van der Waals surface area contributed by atoms with Crippen LogP contribution in [0.5, 0.6) is 11.5 Å². The zero-order valence-corrected chi connectivity index (χ0v) is 18.3. The third-order valence-electron chi connectivity index (χ3n) is 4.41. The van der Waals surface area contributed by atoms with Crippen LogP contribution in [0.4, 0.5) is 0 Å². The van der Waals surface area contributed by atoms with Crippen molar-refractivity contribution in [3.05, 3.63) is 75.7 Å². The molecule has 8 heteroatoms. The fourth-order valence-electron chi connectivity index (χ4n) is 2.73. The molecule has 1 heterocycles. The summed E-state index contributed by atoms with van der Waals surface area (Å²) in [6, 6.07) is 14.7. The number of ether oxygens (including phenoxy) is 2. The van der Waals surface area contributed by atoms with Crippen molar-refractivity contribution in [3.8, 4) is 11.5 Å². The van der Waals surface area contributed by atoms with Crippen molar-refractivity contribution < 1.29 is 19.1 Å². The maximum atomic E-state index is 12.1. The molecule has 2 N–H and O–H groups in total. The molecule has 0 spiro atoms. The van der Waals surface area contributed by atoms with Gasteiger partial charge in [-0.05, 0) is 43.3 Å². The molecular weight excluding hydrogens is 414 g/mol. The molecule has 3 aromatic rings. The van der Waals surface area contributed by atoms with E-state index in [0.717, 1.165) is 10.8 Å². The van der Waals surface area contributed by atoms with E-state index in [2.05, 4.69) is 15.6 Å². The van der Waals surface area contributed by atoms with Crippen LogP contribution in [0, 0.1) is 6.92 Å². The van der Waals surface area contributed by atoms with E-state index >= 15 is 0 Å². The Labute approximate surface area is 185 Å². The Hall–Kier alpha value is -3.39. The van der Waals surface area contributed by atoms with Crippen molar-refractivity contribution in [1.82, 2.24) is 15.6 Å². The quantitative estimate of drug-likeness (QED) is 0.474. The summed E-state index contributed by atoms with van der Waals surface area (Å²) in [6.45, 7) is 3.07. The van der Waals surface area contributed by atoms with Gasteiger partial charge in [-0.15, -0.1) is 11.3 Å². The minimum atomic E-state index is -0.199. The fraction of sp³-hybridized carbons (Fsp3) is 0.261. The third kappa shape index (κ3) is 7.11. The molecule has 0 saturated carbocycles. The maximum Gasteiger partial charge on any atom is 0.251 e. The van der Waals surface area contributed by atoms with Gasteiger partial charge in [0.25, 0.3) is 5.91 Å². The van der Waals surface area contributed by atoms with Crippen LogP contribution in [0.1, 0.15) is 26.6 Å². The summed E-state index contributed by atoms with van der Waals surface area (Å²) in [7, 11) is 1.57. The molecule has 3 rings (SSSR count). The standard InChI is InChI=1S/C23H25N3O4S/c1-16-3-7-20(8-4-16)30-14-22-26-18(15-31-22)13-21(27)24-11-12-25-23(28)17-5-9-19(29-2)10-6-17/h3-10,15H,11-14H2,1-2H3,(H,24,27)(H,25,28). The molecule has 0 bridgehead atoms. The number of aromatic nitrogens is 1. The first-order valence-corrected chi connectivity index (χ1v) is 10.7. The van der Waals surface area contributed by atoms with E-state index in [1.807, 2.05) is 36.6 Å². The zero-order chi connectivity index (χ0) is 22.1.